The first-order valence-corrected chi connectivity index (χ1v) is 5.34. The Balaban J connectivity index is 1.89. The van der Waals surface area contributed by atoms with Crippen molar-refractivity contribution in [2.24, 2.45) is 5.92 Å². The molecular weight excluding hydrogens is 174 g/mol. The Kier molecular flexibility index (Phi) is 1.80. The number of fused-ring (bicyclic) bond motifs is 2. The SMILES string of the molecule is Cc1cncc([C@H]2CN3CCC2C3)n1. The van der Waals surface area contributed by atoms with Crippen LogP contribution in [0.15, 0.2) is 12.4 Å². The molecule has 3 rings (SSSR count). The molecule has 3 heterocycles. The standard InChI is InChI=1S/C11H15N3/c1-8-4-12-5-11(13-8)10-7-14-3-2-9(10)6-14/h4-5,9-10H,2-3,6-7H2,1H3/t9?,10-/m0/s1. The summed E-state index contributed by atoms with van der Waals surface area (Å²) >= 11 is 0. The van der Waals surface area contributed by atoms with Gasteiger partial charge in [0.2, 0.25) is 0 Å². The average molecular weight is 189 g/mol. The molecule has 0 radical (unpaired) electrons. The van der Waals surface area contributed by atoms with Crippen LogP contribution < -0.4 is 0 Å². The molecule has 1 aromatic heterocycles. The quantitative estimate of drug-likeness (QED) is 0.665. The lowest BCUT2D eigenvalue weighted by atomic mass is 9.90. The summed E-state index contributed by atoms with van der Waals surface area (Å²) in [5, 5.41) is 0. The molecule has 3 atom stereocenters. The first kappa shape index (κ1) is 8.36. The van der Waals surface area contributed by atoms with Crippen molar-refractivity contribution in [3.63, 3.8) is 0 Å². The first-order valence-electron chi connectivity index (χ1n) is 5.34. The molecule has 0 N–H and O–H groups in total. The molecule has 0 saturated carbocycles. The molecule has 3 nitrogen and oxygen atoms in total. The highest BCUT2D eigenvalue weighted by Crippen LogP contribution is 2.38. The molecule has 0 aromatic carbocycles. The van der Waals surface area contributed by atoms with E-state index in [1.54, 1.807) is 0 Å². The Morgan fingerprint density at radius 3 is 2.93 bits per heavy atom. The predicted molar refractivity (Wildman–Crippen MR) is 54.1 cm³/mol. The Labute approximate surface area is 84.2 Å². The predicted octanol–water partition coefficient (Wildman–Crippen LogP) is 1.20. The van der Waals surface area contributed by atoms with Crippen LogP contribution in [0.3, 0.4) is 0 Å². The van der Waals surface area contributed by atoms with Crippen LogP contribution in [-0.4, -0.2) is 34.5 Å². The molecule has 2 bridgehead atoms. The van der Waals surface area contributed by atoms with Crippen molar-refractivity contribution in [3.8, 4) is 0 Å². The minimum Gasteiger partial charge on any atom is -0.302 e. The van der Waals surface area contributed by atoms with E-state index in [0.29, 0.717) is 5.92 Å². The molecule has 0 aliphatic carbocycles. The second-order valence-electron chi connectivity index (χ2n) is 4.50. The number of hydrogen-bond donors (Lipinski definition) is 0. The van der Waals surface area contributed by atoms with Crippen molar-refractivity contribution in [1.82, 2.24) is 14.9 Å². The van der Waals surface area contributed by atoms with Crippen LogP contribution in [0.2, 0.25) is 0 Å². The molecule has 14 heavy (non-hydrogen) atoms. The van der Waals surface area contributed by atoms with Crippen LogP contribution in [0, 0.1) is 12.8 Å². The van der Waals surface area contributed by atoms with Gasteiger partial charge in [-0.15, -0.1) is 0 Å². The van der Waals surface area contributed by atoms with E-state index in [-0.39, 0.29) is 0 Å². The minimum absolute atomic E-state index is 0.649. The number of piperidine rings is 1. The van der Waals surface area contributed by atoms with Gasteiger partial charge in [0.25, 0.3) is 0 Å². The van der Waals surface area contributed by atoms with Crippen molar-refractivity contribution in [2.75, 3.05) is 19.6 Å². The molecule has 2 aliphatic heterocycles. The Morgan fingerprint density at radius 1 is 1.36 bits per heavy atom. The lowest BCUT2D eigenvalue weighted by Crippen LogP contribution is -2.22. The monoisotopic (exact) mass is 189 g/mol. The summed E-state index contributed by atoms with van der Waals surface area (Å²) in [6, 6.07) is 0. The largest absolute Gasteiger partial charge is 0.302 e. The smallest absolute Gasteiger partial charge is 0.0636 e. The highest BCUT2D eigenvalue weighted by molar-refractivity contribution is 5.14. The first-order chi connectivity index (χ1) is 6.83. The number of hydrogen-bond acceptors (Lipinski definition) is 3. The third-order valence-electron chi connectivity index (χ3n) is 3.49. The van der Waals surface area contributed by atoms with Gasteiger partial charge < -0.3 is 4.90 Å². The lowest BCUT2D eigenvalue weighted by molar-refractivity contribution is 0.343. The summed E-state index contributed by atoms with van der Waals surface area (Å²) < 4.78 is 0. The molecule has 0 spiro atoms. The number of aromatic nitrogens is 2. The van der Waals surface area contributed by atoms with Crippen LogP contribution in [-0.2, 0) is 0 Å². The molecular formula is C11H15N3. The van der Waals surface area contributed by atoms with Gasteiger partial charge in [-0.2, -0.15) is 0 Å². The summed E-state index contributed by atoms with van der Waals surface area (Å²) in [7, 11) is 0. The van der Waals surface area contributed by atoms with Crippen LogP contribution >= 0.6 is 0 Å². The van der Waals surface area contributed by atoms with Gasteiger partial charge in [0.05, 0.1) is 11.4 Å². The highest BCUT2D eigenvalue weighted by atomic mass is 15.2. The molecule has 1 aromatic rings. The molecule has 2 aliphatic rings. The fourth-order valence-corrected chi connectivity index (χ4v) is 2.78. The number of aryl methyl sites for hydroxylation is 1. The van der Waals surface area contributed by atoms with E-state index in [2.05, 4.69) is 14.9 Å². The second-order valence-corrected chi connectivity index (χ2v) is 4.50. The maximum Gasteiger partial charge on any atom is 0.0636 e. The zero-order valence-corrected chi connectivity index (χ0v) is 8.48. The van der Waals surface area contributed by atoms with E-state index < -0.39 is 0 Å². The summed E-state index contributed by atoms with van der Waals surface area (Å²) in [6.07, 6.45) is 5.12. The number of nitrogens with zero attached hydrogens (tertiary/aromatic N) is 3. The van der Waals surface area contributed by atoms with Gasteiger partial charge in [-0.1, -0.05) is 0 Å². The van der Waals surface area contributed by atoms with E-state index in [1.807, 2.05) is 19.3 Å². The van der Waals surface area contributed by atoms with E-state index in [4.69, 9.17) is 0 Å². The fraction of sp³-hybridized carbons (Fsp3) is 0.636. The number of rotatable bonds is 1. The van der Waals surface area contributed by atoms with Crippen molar-refractivity contribution in [2.45, 2.75) is 19.3 Å². The molecule has 0 amide bonds. The Hall–Kier alpha value is -0.960. The van der Waals surface area contributed by atoms with E-state index >= 15 is 0 Å². The Bertz CT molecular complexity index is 350. The van der Waals surface area contributed by atoms with Crippen molar-refractivity contribution in [3.05, 3.63) is 23.8 Å². The third kappa shape index (κ3) is 1.23. The highest BCUT2D eigenvalue weighted by Gasteiger charge is 2.39. The van der Waals surface area contributed by atoms with Crippen molar-refractivity contribution >= 4 is 0 Å². The van der Waals surface area contributed by atoms with Crippen LogP contribution in [0.4, 0.5) is 0 Å². The third-order valence-corrected chi connectivity index (χ3v) is 3.49. The average Bonchev–Trinajstić information content (AvgIpc) is 2.78. The molecule has 74 valence electrons. The normalized spacial score (nSPS) is 35.1. The van der Waals surface area contributed by atoms with Crippen molar-refractivity contribution in [1.29, 1.82) is 0 Å². The molecule has 2 saturated heterocycles. The van der Waals surface area contributed by atoms with Gasteiger partial charge in [-0.3, -0.25) is 9.97 Å². The van der Waals surface area contributed by atoms with E-state index in [0.717, 1.165) is 11.6 Å². The molecule has 3 heteroatoms. The summed E-state index contributed by atoms with van der Waals surface area (Å²) in [4.78, 5) is 11.4. The molecule has 2 unspecified atom stereocenters. The van der Waals surface area contributed by atoms with Gasteiger partial charge in [0, 0.05) is 31.4 Å². The van der Waals surface area contributed by atoms with Gasteiger partial charge in [0.15, 0.2) is 0 Å². The van der Waals surface area contributed by atoms with Gasteiger partial charge in [0.1, 0.15) is 0 Å². The summed E-state index contributed by atoms with van der Waals surface area (Å²) in [6.45, 7) is 5.79. The van der Waals surface area contributed by atoms with Crippen molar-refractivity contribution < 1.29 is 0 Å². The van der Waals surface area contributed by atoms with E-state index in [1.165, 1.54) is 31.7 Å². The Morgan fingerprint density at radius 2 is 2.29 bits per heavy atom. The van der Waals surface area contributed by atoms with E-state index in [9.17, 15) is 0 Å². The maximum absolute atomic E-state index is 4.58. The summed E-state index contributed by atoms with van der Waals surface area (Å²) in [5.74, 6) is 1.49. The van der Waals surface area contributed by atoms with Gasteiger partial charge in [-0.05, 0) is 25.8 Å². The molecule has 2 fully saturated rings. The van der Waals surface area contributed by atoms with Crippen LogP contribution in [0.25, 0.3) is 0 Å². The topological polar surface area (TPSA) is 29.0 Å². The van der Waals surface area contributed by atoms with Gasteiger partial charge >= 0.3 is 0 Å². The fourth-order valence-electron chi connectivity index (χ4n) is 2.78. The second kappa shape index (κ2) is 3.02. The van der Waals surface area contributed by atoms with Gasteiger partial charge in [-0.25, -0.2) is 0 Å². The summed E-state index contributed by atoms with van der Waals surface area (Å²) in [5.41, 5.74) is 2.25. The zero-order valence-electron chi connectivity index (χ0n) is 8.48. The maximum atomic E-state index is 4.58. The van der Waals surface area contributed by atoms with Crippen LogP contribution in [0.1, 0.15) is 23.7 Å². The van der Waals surface area contributed by atoms with Crippen LogP contribution in [0.5, 0.6) is 0 Å². The lowest BCUT2D eigenvalue weighted by Gasteiger charge is -2.21. The minimum atomic E-state index is 0.649. The zero-order chi connectivity index (χ0) is 9.54.